The molecule has 1 unspecified atom stereocenters. The number of halogens is 1. The summed E-state index contributed by atoms with van der Waals surface area (Å²) in [6, 6.07) is 11.4. The fourth-order valence-electron chi connectivity index (χ4n) is 4.23. The van der Waals surface area contributed by atoms with Crippen LogP contribution in [0.4, 0.5) is 5.69 Å². The summed E-state index contributed by atoms with van der Waals surface area (Å²) in [7, 11) is 0. The Balaban J connectivity index is 1.39. The van der Waals surface area contributed by atoms with E-state index in [2.05, 4.69) is 27.0 Å². The highest BCUT2D eigenvalue weighted by Crippen LogP contribution is 2.36. The van der Waals surface area contributed by atoms with Crippen LogP contribution < -0.4 is 9.64 Å². The number of aryl methyl sites for hydroxylation is 1. The van der Waals surface area contributed by atoms with Gasteiger partial charge in [0, 0.05) is 11.0 Å². The Morgan fingerprint density at radius 1 is 1.30 bits per heavy atom. The molecule has 5 rings (SSSR count). The van der Waals surface area contributed by atoms with Crippen LogP contribution in [0.25, 0.3) is 11.0 Å². The minimum Gasteiger partial charge on any atom is -0.482 e. The molecule has 1 N–H and O–H groups in total. The van der Waals surface area contributed by atoms with Crippen molar-refractivity contribution in [2.24, 2.45) is 0 Å². The lowest BCUT2D eigenvalue weighted by molar-refractivity contribution is -0.132. The molecule has 2 amide bonds. The molecule has 1 saturated heterocycles. The van der Waals surface area contributed by atoms with E-state index in [1.54, 1.807) is 6.07 Å². The van der Waals surface area contributed by atoms with Gasteiger partial charge in [-0.3, -0.25) is 14.5 Å². The van der Waals surface area contributed by atoms with Crippen molar-refractivity contribution in [3.8, 4) is 5.75 Å². The highest BCUT2D eigenvalue weighted by molar-refractivity contribution is 9.10. The highest BCUT2D eigenvalue weighted by atomic mass is 79.9. The zero-order chi connectivity index (χ0) is 20.8. The van der Waals surface area contributed by atoms with Gasteiger partial charge in [0.1, 0.15) is 18.1 Å². The first-order valence-corrected chi connectivity index (χ1v) is 10.8. The number of carbonyl (C=O) groups excluding carboxylic acids is 2. The van der Waals surface area contributed by atoms with E-state index >= 15 is 0 Å². The van der Waals surface area contributed by atoms with E-state index in [9.17, 15) is 9.59 Å². The fraction of sp³-hybridized carbons (Fsp3) is 0.318. The maximum atomic E-state index is 13.2. The zero-order valence-corrected chi connectivity index (χ0v) is 18.1. The van der Waals surface area contributed by atoms with E-state index in [1.165, 1.54) is 4.90 Å². The van der Waals surface area contributed by atoms with Crippen LogP contribution in [0.15, 0.2) is 40.9 Å². The summed E-state index contributed by atoms with van der Waals surface area (Å²) in [4.78, 5) is 37.2. The van der Waals surface area contributed by atoms with Crippen molar-refractivity contribution in [3.05, 3.63) is 52.3 Å². The number of carbonyl (C=O) groups is 2. The Bertz CT molecular complexity index is 1160. The number of nitrogens with zero attached hydrogens (tertiary/aromatic N) is 3. The third kappa shape index (κ3) is 3.35. The molecule has 154 valence electrons. The lowest BCUT2D eigenvalue weighted by Gasteiger charge is -2.31. The topological polar surface area (TPSA) is 78.5 Å². The summed E-state index contributed by atoms with van der Waals surface area (Å²) < 4.78 is 6.39. The standard InChI is InChI=1S/C22H21BrN4O3/c1-13-4-6-15-16(9-13)25-22(24-15)18-3-2-8-26(18)20(28)11-27-17-7-5-14(23)10-19(17)30-12-21(27)29/h4-7,9-10,18H,2-3,8,11-12H2,1H3,(H,24,25). The van der Waals surface area contributed by atoms with Crippen molar-refractivity contribution in [3.63, 3.8) is 0 Å². The summed E-state index contributed by atoms with van der Waals surface area (Å²) in [5.74, 6) is 1.10. The number of hydrogen-bond acceptors (Lipinski definition) is 4. The van der Waals surface area contributed by atoms with Crippen LogP contribution in [0.5, 0.6) is 5.75 Å². The van der Waals surface area contributed by atoms with Gasteiger partial charge in [0.25, 0.3) is 5.91 Å². The number of anilines is 1. The van der Waals surface area contributed by atoms with E-state index in [1.807, 2.05) is 36.1 Å². The van der Waals surface area contributed by atoms with E-state index in [4.69, 9.17) is 9.72 Å². The predicted octanol–water partition coefficient (Wildman–Crippen LogP) is 3.72. The number of aromatic amines is 1. The second-order valence-corrected chi connectivity index (χ2v) is 8.68. The molecule has 30 heavy (non-hydrogen) atoms. The van der Waals surface area contributed by atoms with Gasteiger partial charge in [-0.05, 0) is 55.7 Å². The number of benzene rings is 2. The van der Waals surface area contributed by atoms with E-state index in [0.717, 1.165) is 39.7 Å². The number of imidazole rings is 1. The van der Waals surface area contributed by atoms with E-state index in [0.29, 0.717) is 18.0 Å². The Morgan fingerprint density at radius 3 is 3.03 bits per heavy atom. The van der Waals surface area contributed by atoms with Gasteiger partial charge in [0.15, 0.2) is 6.61 Å². The minimum absolute atomic E-state index is 0.00728. The van der Waals surface area contributed by atoms with Gasteiger partial charge in [-0.1, -0.05) is 22.0 Å². The maximum absolute atomic E-state index is 13.2. The van der Waals surface area contributed by atoms with Gasteiger partial charge in [-0.25, -0.2) is 4.98 Å². The molecular formula is C22H21BrN4O3. The van der Waals surface area contributed by atoms with E-state index in [-0.39, 0.29) is 31.0 Å². The average molecular weight is 469 g/mol. The second-order valence-electron chi connectivity index (χ2n) is 7.77. The van der Waals surface area contributed by atoms with Crippen molar-refractivity contribution in [2.45, 2.75) is 25.8 Å². The number of hydrogen-bond donors (Lipinski definition) is 1. The van der Waals surface area contributed by atoms with Crippen LogP contribution in [0.1, 0.15) is 30.3 Å². The maximum Gasteiger partial charge on any atom is 0.265 e. The summed E-state index contributed by atoms with van der Waals surface area (Å²) >= 11 is 3.41. The summed E-state index contributed by atoms with van der Waals surface area (Å²) in [6.45, 7) is 2.63. The summed E-state index contributed by atoms with van der Waals surface area (Å²) in [5, 5.41) is 0. The largest absolute Gasteiger partial charge is 0.482 e. The SMILES string of the molecule is Cc1ccc2nc(C3CCCN3C(=O)CN3C(=O)COc4cc(Br)ccc43)[nH]c2c1. The van der Waals surface area contributed by atoms with Gasteiger partial charge in [-0.2, -0.15) is 0 Å². The molecule has 2 aromatic carbocycles. The normalized spacial score (nSPS) is 18.6. The molecular weight excluding hydrogens is 448 g/mol. The first kappa shape index (κ1) is 19.1. The minimum atomic E-state index is -0.215. The predicted molar refractivity (Wildman–Crippen MR) is 117 cm³/mol. The molecule has 0 aliphatic carbocycles. The first-order valence-electron chi connectivity index (χ1n) is 9.98. The number of fused-ring (bicyclic) bond motifs is 2. The Labute approximate surface area is 182 Å². The number of nitrogens with one attached hydrogen (secondary N) is 1. The van der Waals surface area contributed by atoms with Crippen LogP contribution in [-0.2, 0) is 9.59 Å². The third-order valence-corrected chi connectivity index (χ3v) is 6.20. The van der Waals surface area contributed by atoms with Crippen LogP contribution in [0, 0.1) is 6.92 Å². The Kier molecular flexibility index (Phi) is 4.73. The number of ether oxygens (including phenoxy) is 1. The van der Waals surface area contributed by atoms with Crippen LogP contribution >= 0.6 is 15.9 Å². The van der Waals surface area contributed by atoms with Crippen LogP contribution in [0.3, 0.4) is 0 Å². The highest BCUT2D eigenvalue weighted by Gasteiger charge is 2.35. The quantitative estimate of drug-likeness (QED) is 0.635. The molecule has 3 heterocycles. The molecule has 1 atom stereocenters. The van der Waals surface area contributed by atoms with Gasteiger partial charge in [-0.15, -0.1) is 0 Å². The number of amides is 2. The molecule has 0 radical (unpaired) electrons. The zero-order valence-electron chi connectivity index (χ0n) is 16.5. The Hall–Kier alpha value is -2.87. The molecule has 0 bridgehead atoms. The van der Waals surface area contributed by atoms with Crippen molar-refractivity contribution >= 4 is 44.5 Å². The molecule has 1 fully saturated rings. The molecule has 0 spiro atoms. The number of H-pyrrole nitrogens is 1. The molecule has 2 aliphatic rings. The monoisotopic (exact) mass is 468 g/mol. The van der Waals surface area contributed by atoms with Gasteiger partial charge in [0.05, 0.1) is 22.8 Å². The van der Waals surface area contributed by atoms with Crippen LogP contribution in [-0.4, -0.2) is 46.4 Å². The lowest BCUT2D eigenvalue weighted by Crippen LogP contribution is -2.46. The van der Waals surface area contributed by atoms with Crippen molar-refractivity contribution in [2.75, 3.05) is 24.6 Å². The van der Waals surface area contributed by atoms with Gasteiger partial charge < -0.3 is 14.6 Å². The van der Waals surface area contributed by atoms with Crippen molar-refractivity contribution in [1.29, 1.82) is 0 Å². The fourth-order valence-corrected chi connectivity index (χ4v) is 4.57. The van der Waals surface area contributed by atoms with Crippen molar-refractivity contribution in [1.82, 2.24) is 14.9 Å². The number of likely N-dealkylation sites (tertiary alicyclic amines) is 1. The van der Waals surface area contributed by atoms with Crippen molar-refractivity contribution < 1.29 is 14.3 Å². The molecule has 1 aromatic heterocycles. The third-order valence-electron chi connectivity index (χ3n) is 5.70. The lowest BCUT2D eigenvalue weighted by atomic mass is 10.2. The molecule has 2 aliphatic heterocycles. The number of rotatable bonds is 3. The summed E-state index contributed by atoms with van der Waals surface area (Å²) in [6.07, 6.45) is 1.76. The number of aromatic nitrogens is 2. The van der Waals surface area contributed by atoms with E-state index < -0.39 is 0 Å². The summed E-state index contributed by atoms with van der Waals surface area (Å²) in [5.41, 5.74) is 3.66. The molecule has 8 heteroatoms. The van der Waals surface area contributed by atoms with Crippen LogP contribution in [0.2, 0.25) is 0 Å². The Morgan fingerprint density at radius 2 is 2.17 bits per heavy atom. The molecule has 0 saturated carbocycles. The second kappa shape index (κ2) is 7.43. The molecule has 7 nitrogen and oxygen atoms in total. The van der Waals surface area contributed by atoms with Gasteiger partial charge >= 0.3 is 0 Å². The smallest absolute Gasteiger partial charge is 0.265 e. The average Bonchev–Trinajstić information content (AvgIpc) is 3.36. The first-order chi connectivity index (χ1) is 14.5. The van der Waals surface area contributed by atoms with Gasteiger partial charge in [0.2, 0.25) is 5.91 Å². The molecule has 3 aromatic rings.